The van der Waals surface area contributed by atoms with Crippen molar-refractivity contribution < 1.29 is 18.7 Å². The highest BCUT2D eigenvalue weighted by molar-refractivity contribution is 5.92. The van der Waals surface area contributed by atoms with Crippen LogP contribution in [0, 0.1) is 11.7 Å². The van der Waals surface area contributed by atoms with Crippen molar-refractivity contribution in [3.63, 3.8) is 0 Å². The molecule has 0 atom stereocenters. The highest BCUT2D eigenvalue weighted by atomic mass is 19.1. The molecule has 0 aliphatic carbocycles. The summed E-state index contributed by atoms with van der Waals surface area (Å²) in [6.07, 6.45) is 4.91. The zero-order valence-corrected chi connectivity index (χ0v) is 21.5. The molecule has 0 saturated carbocycles. The number of carbonyl (C=O) groups excluding carboxylic acids is 1. The Morgan fingerprint density at radius 1 is 0.947 bits per heavy atom. The van der Waals surface area contributed by atoms with Gasteiger partial charge >= 0.3 is 6.03 Å². The van der Waals surface area contributed by atoms with Gasteiger partial charge in [-0.05, 0) is 80.2 Å². The Bertz CT molecular complexity index is 1330. The minimum absolute atomic E-state index is 0.127. The molecule has 2 heterocycles. The van der Waals surface area contributed by atoms with Gasteiger partial charge < -0.3 is 19.7 Å². The van der Waals surface area contributed by atoms with Crippen LogP contribution in [0.2, 0.25) is 0 Å². The molecule has 0 unspecified atom stereocenters. The van der Waals surface area contributed by atoms with Gasteiger partial charge in [-0.25, -0.2) is 9.18 Å². The minimum Gasteiger partial charge on any atom is -0.491 e. The summed E-state index contributed by atoms with van der Waals surface area (Å²) in [5.41, 5.74) is 1.97. The van der Waals surface area contributed by atoms with Crippen molar-refractivity contribution in [3.05, 3.63) is 96.4 Å². The third kappa shape index (κ3) is 6.72. The number of aromatic nitrogens is 1. The van der Waals surface area contributed by atoms with Crippen LogP contribution >= 0.6 is 0 Å². The van der Waals surface area contributed by atoms with Crippen molar-refractivity contribution in [1.82, 2.24) is 14.8 Å². The SMILES string of the molecule is O=C(NCCN1CCC(CCOc2ccccc2F)CC1)n1ccc2cc(OCc3ccccc3)ccc21. The lowest BCUT2D eigenvalue weighted by Gasteiger charge is -2.31. The number of hydrogen-bond donors (Lipinski definition) is 1. The molecule has 7 heteroatoms. The molecule has 1 N–H and O–H groups in total. The second kappa shape index (κ2) is 12.6. The Morgan fingerprint density at radius 3 is 2.55 bits per heavy atom. The van der Waals surface area contributed by atoms with E-state index in [4.69, 9.17) is 9.47 Å². The van der Waals surface area contributed by atoms with E-state index in [0.29, 0.717) is 31.4 Å². The van der Waals surface area contributed by atoms with E-state index >= 15 is 0 Å². The van der Waals surface area contributed by atoms with Crippen LogP contribution in [0.25, 0.3) is 10.9 Å². The van der Waals surface area contributed by atoms with Gasteiger partial charge in [0.1, 0.15) is 12.4 Å². The number of nitrogens with zero attached hydrogens (tertiary/aromatic N) is 2. The summed E-state index contributed by atoms with van der Waals surface area (Å²) in [4.78, 5) is 15.2. The first-order valence-corrected chi connectivity index (χ1v) is 13.3. The molecule has 1 aliphatic rings. The Morgan fingerprint density at radius 2 is 1.74 bits per heavy atom. The summed E-state index contributed by atoms with van der Waals surface area (Å²) >= 11 is 0. The average molecular weight is 516 g/mol. The van der Waals surface area contributed by atoms with Gasteiger partial charge in [0.2, 0.25) is 0 Å². The second-order valence-corrected chi connectivity index (χ2v) is 9.77. The molecule has 6 nitrogen and oxygen atoms in total. The van der Waals surface area contributed by atoms with Crippen LogP contribution in [-0.2, 0) is 6.61 Å². The molecular weight excluding hydrogens is 481 g/mol. The van der Waals surface area contributed by atoms with Gasteiger partial charge in [0.05, 0.1) is 12.1 Å². The molecule has 0 radical (unpaired) electrons. The fourth-order valence-electron chi connectivity index (χ4n) is 4.93. The molecule has 1 saturated heterocycles. The summed E-state index contributed by atoms with van der Waals surface area (Å²) in [6.45, 7) is 4.45. The predicted octanol–water partition coefficient (Wildman–Crippen LogP) is 6.10. The number of carbonyl (C=O) groups is 1. The summed E-state index contributed by atoms with van der Waals surface area (Å²) in [5.74, 6) is 1.38. The van der Waals surface area contributed by atoms with E-state index in [1.54, 1.807) is 29.0 Å². The largest absolute Gasteiger partial charge is 0.491 e. The normalized spacial score (nSPS) is 14.4. The zero-order valence-electron chi connectivity index (χ0n) is 21.5. The van der Waals surface area contributed by atoms with Crippen molar-refractivity contribution in [2.24, 2.45) is 5.92 Å². The maximum Gasteiger partial charge on any atom is 0.326 e. The maximum absolute atomic E-state index is 13.7. The molecule has 1 amide bonds. The Labute approximate surface area is 223 Å². The summed E-state index contributed by atoms with van der Waals surface area (Å²) in [5, 5.41) is 4.01. The molecule has 0 spiro atoms. The van der Waals surface area contributed by atoms with Crippen LogP contribution < -0.4 is 14.8 Å². The average Bonchev–Trinajstić information content (AvgIpc) is 3.38. The number of halogens is 1. The van der Waals surface area contributed by atoms with Crippen LogP contribution in [-0.4, -0.2) is 48.3 Å². The Kier molecular flexibility index (Phi) is 8.56. The van der Waals surface area contributed by atoms with E-state index in [2.05, 4.69) is 10.2 Å². The first-order chi connectivity index (χ1) is 18.7. The van der Waals surface area contributed by atoms with E-state index in [-0.39, 0.29) is 11.8 Å². The summed E-state index contributed by atoms with van der Waals surface area (Å²) in [6, 6.07) is 24.2. The fourth-order valence-corrected chi connectivity index (χ4v) is 4.93. The predicted molar refractivity (Wildman–Crippen MR) is 147 cm³/mol. The molecule has 0 bridgehead atoms. The monoisotopic (exact) mass is 515 g/mol. The van der Waals surface area contributed by atoms with E-state index < -0.39 is 0 Å². The number of piperidine rings is 1. The first kappa shape index (κ1) is 25.8. The third-order valence-corrected chi connectivity index (χ3v) is 7.16. The minimum atomic E-state index is -0.310. The number of rotatable bonds is 10. The third-order valence-electron chi connectivity index (χ3n) is 7.16. The highest BCUT2D eigenvalue weighted by Crippen LogP contribution is 2.24. The molecule has 38 heavy (non-hydrogen) atoms. The molecule has 1 fully saturated rings. The van der Waals surface area contributed by atoms with E-state index in [1.807, 2.05) is 54.6 Å². The molecule has 1 aliphatic heterocycles. The Balaban J connectivity index is 1.02. The molecule has 3 aromatic carbocycles. The van der Waals surface area contributed by atoms with Gasteiger partial charge in [0.25, 0.3) is 0 Å². The standard InChI is InChI=1S/C31H34FN3O3/c32-28-8-4-5-9-30(28)37-21-15-24-12-17-34(18-13-24)20-16-33-31(36)35-19-14-26-22-27(10-11-29(26)35)38-23-25-6-2-1-3-7-25/h1-11,14,19,22,24H,12-13,15-18,20-21,23H2,(H,33,36). The number of ether oxygens (including phenoxy) is 2. The number of fused-ring (bicyclic) bond motifs is 1. The van der Waals surface area contributed by atoms with Crippen molar-refractivity contribution in [1.29, 1.82) is 0 Å². The van der Waals surface area contributed by atoms with Crippen LogP contribution in [0.15, 0.2) is 85.1 Å². The number of benzene rings is 3. The molecule has 1 aromatic heterocycles. The molecular formula is C31H34FN3O3. The number of amides is 1. The fraction of sp³-hybridized carbons (Fsp3) is 0.323. The van der Waals surface area contributed by atoms with Crippen LogP contribution in [0.1, 0.15) is 24.8 Å². The van der Waals surface area contributed by atoms with Gasteiger partial charge in [-0.3, -0.25) is 4.57 Å². The van der Waals surface area contributed by atoms with E-state index in [9.17, 15) is 9.18 Å². The van der Waals surface area contributed by atoms with Gasteiger partial charge in [0.15, 0.2) is 11.6 Å². The van der Waals surface area contributed by atoms with Gasteiger partial charge in [-0.1, -0.05) is 42.5 Å². The smallest absolute Gasteiger partial charge is 0.326 e. The first-order valence-electron chi connectivity index (χ1n) is 13.3. The van der Waals surface area contributed by atoms with Gasteiger partial charge in [0, 0.05) is 24.7 Å². The molecule has 198 valence electrons. The van der Waals surface area contributed by atoms with Crippen LogP contribution in [0.4, 0.5) is 9.18 Å². The van der Waals surface area contributed by atoms with Gasteiger partial charge in [-0.15, -0.1) is 0 Å². The lowest BCUT2D eigenvalue weighted by molar-refractivity contribution is 0.162. The van der Waals surface area contributed by atoms with E-state index in [0.717, 1.165) is 61.1 Å². The summed E-state index contributed by atoms with van der Waals surface area (Å²) in [7, 11) is 0. The van der Waals surface area contributed by atoms with Crippen molar-refractivity contribution in [3.8, 4) is 11.5 Å². The lowest BCUT2D eigenvalue weighted by atomic mass is 9.94. The summed E-state index contributed by atoms with van der Waals surface area (Å²) < 4.78 is 26.9. The quantitative estimate of drug-likeness (QED) is 0.277. The second-order valence-electron chi connectivity index (χ2n) is 9.77. The van der Waals surface area contributed by atoms with Crippen LogP contribution in [0.5, 0.6) is 11.5 Å². The number of para-hydroxylation sites is 1. The lowest BCUT2D eigenvalue weighted by Crippen LogP contribution is -2.40. The maximum atomic E-state index is 13.7. The highest BCUT2D eigenvalue weighted by Gasteiger charge is 2.19. The number of hydrogen-bond acceptors (Lipinski definition) is 4. The van der Waals surface area contributed by atoms with Crippen LogP contribution in [0.3, 0.4) is 0 Å². The van der Waals surface area contributed by atoms with E-state index in [1.165, 1.54) is 6.07 Å². The molecule has 5 rings (SSSR count). The van der Waals surface area contributed by atoms with Crippen molar-refractivity contribution in [2.45, 2.75) is 25.9 Å². The van der Waals surface area contributed by atoms with Crippen molar-refractivity contribution in [2.75, 3.05) is 32.8 Å². The number of likely N-dealkylation sites (tertiary alicyclic amines) is 1. The Hall–Kier alpha value is -3.84. The molecule has 4 aromatic rings. The topological polar surface area (TPSA) is 55.7 Å². The number of nitrogens with one attached hydrogen (secondary N) is 1. The zero-order chi connectivity index (χ0) is 26.2. The van der Waals surface area contributed by atoms with Gasteiger partial charge in [-0.2, -0.15) is 0 Å². The van der Waals surface area contributed by atoms with Crippen molar-refractivity contribution >= 4 is 16.9 Å².